The summed E-state index contributed by atoms with van der Waals surface area (Å²) < 4.78 is 5.49. The fourth-order valence-corrected chi connectivity index (χ4v) is 6.83. The van der Waals surface area contributed by atoms with E-state index in [1.54, 1.807) is 18.3 Å². The van der Waals surface area contributed by atoms with Gasteiger partial charge in [0.05, 0.1) is 12.9 Å². The van der Waals surface area contributed by atoms with Crippen molar-refractivity contribution in [2.45, 2.75) is 70.3 Å². The second-order valence-corrected chi connectivity index (χ2v) is 8.39. The third-order valence-corrected chi connectivity index (χ3v) is 8.04. The van der Waals surface area contributed by atoms with Crippen molar-refractivity contribution in [2.75, 3.05) is 7.11 Å². The molecule has 0 aliphatic heterocycles. The molecule has 2 nitrogen and oxygen atoms in total. The maximum Gasteiger partial charge on any atom is 0.131 e. The highest BCUT2D eigenvalue weighted by Crippen LogP contribution is 2.65. The number of ether oxygens (including phenoxy) is 1. The highest BCUT2D eigenvalue weighted by atomic mass is 16.5. The third kappa shape index (κ3) is 2.00. The van der Waals surface area contributed by atoms with Gasteiger partial charge in [0, 0.05) is 11.8 Å². The molecule has 0 aromatic heterocycles. The molecule has 24 heavy (non-hydrogen) atoms. The first-order valence-corrected chi connectivity index (χ1v) is 9.72. The van der Waals surface area contributed by atoms with Gasteiger partial charge >= 0.3 is 0 Å². The van der Waals surface area contributed by atoms with Crippen molar-refractivity contribution in [1.29, 1.82) is 0 Å². The molecule has 0 spiro atoms. The van der Waals surface area contributed by atoms with Crippen LogP contribution < -0.4 is 0 Å². The molecule has 0 aromatic carbocycles. The molecule has 0 unspecified atom stereocenters. The number of hydrogen-bond donors (Lipinski definition) is 1. The molecular formula is C22H30O2. The van der Waals surface area contributed by atoms with Crippen LogP contribution in [0.3, 0.4) is 0 Å². The summed E-state index contributed by atoms with van der Waals surface area (Å²) in [6.07, 6.45) is 17.9. The van der Waals surface area contributed by atoms with E-state index in [2.05, 4.69) is 18.9 Å². The van der Waals surface area contributed by atoms with Gasteiger partial charge in [0.25, 0.3) is 0 Å². The zero-order chi connectivity index (χ0) is 16.9. The lowest BCUT2D eigenvalue weighted by Gasteiger charge is -2.54. The summed E-state index contributed by atoms with van der Waals surface area (Å²) in [7, 11) is 1.79. The number of terminal acetylenes is 1. The summed E-state index contributed by atoms with van der Waals surface area (Å²) in [5.74, 6) is 6.00. The second-order valence-electron chi connectivity index (χ2n) is 8.39. The predicted octanol–water partition coefficient (Wildman–Crippen LogP) is 4.60. The Morgan fingerprint density at radius 3 is 2.88 bits per heavy atom. The average Bonchev–Trinajstić information content (AvgIpc) is 2.94. The van der Waals surface area contributed by atoms with E-state index in [1.165, 1.54) is 19.3 Å². The fraction of sp³-hybridized carbons (Fsp3) is 0.727. The van der Waals surface area contributed by atoms with E-state index in [1.807, 2.05) is 0 Å². The van der Waals surface area contributed by atoms with Crippen molar-refractivity contribution in [3.63, 3.8) is 0 Å². The van der Waals surface area contributed by atoms with Crippen LogP contribution in [0.4, 0.5) is 0 Å². The molecule has 0 radical (unpaired) electrons. The van der Waals surface area contributed by atoms with Crippen molar-refractivity contribution < 1.29 is 9.84 Å². The van der Waals surface area contributed by atoms with Crippen LogP contribution >= 0.6 is 0 Å². The number of allylic oxidation sites excluding steroid dienone is 3. The molecule has 2 fully saturated rings. The zero-order valence-electron chi connectivity index (χ0n) is 15.1. The van der Waals surface area contributed by atoms with E-state index in [9.17, 15) is 5.11 Å². The van der Waals surface area contributed by atoms with Crippen LogP contribution in [0, 0.1) is 35.5 Å². The molecule has 4 aliphatic carbocycles. The number of fused-ring (bicyclic) bond motifs is 4. The fourth-order valence-electron chi connectivity index (χ4n) is 6.83. The topological polar surface area (TPSA) is 29.5 Å². The average molecular weight is 326 g/mol. The highest BCUT2D eigenvalue weighted by Gasteiger charge is 2.62. The standard InChI is InChI=1S/C22H30O2/c1-4-21-12-10-18-17-9-7-16(24-3)14-15(17)6-8-19(18)20(21)11-13-22(21,23)5-2/h2,7,18-20,23H,4,6,8-14H2,1,3H3/t18-,19-,20+,21+,22+/m1/s1. The molecule has 130 valence electrons. The lowest BCUT2D eigenvalue weighted by atomic mass is 9.51. The number of aliphatic hydroxyl groups is 1. The summed E-state index contributed by atoms with van der Waals surface area (Å²) in [6.45, 7) is 2.24. The largest absolute Gasteiger partial charge is 0.501 e. The van der Waals surface area contributed by atoms with Crippen LogP contribution in [0.25, 0.3) is 0 Å². The molecule has 2 heteroatoms. The molecule has 5 atom stereocenters. The second kappa shape index (κ2) is 5.67. The van der Waals surface area contributed by atoms with E-state index in [4.69, 9.17) is 11.2 Å². The summed E-state index contributed by atoms with van der Waals surface area (Å²) in [4.78, 5) is 0. The molecule has 0 aromatic rings. The minimum atomic E-state index is -0.873. The van der Waals surface area contributed by atoms with Crippen molar-refractivity contribution in [3.8, 4) is 12.3 Å². The Bertz CT molecular complexity index is 637. The highest BCUT2D eigenvalue weighted by molar-refractivity contribution is 5.34. The van der Waals surface area contributed by atoms with E-state index in [0.717, 1.165) is 50.2 Å². The molecule has 4 aliphatic rings. The molecular weight excluding hydrogens is 296 g/mol. The smallest absolute Gasteiger partial charge is 0.131 e. The van der Waals surface area contributed by atoms with E-state index < -0.39 is 5.60 Å². The molecule has 0 heterocycles. The Labute approximate surface area is 146 Å². The molecule has 0 saturated heterocycles. The summed E-state index contributed by atoms with van der Waals surface area (Å²) in [5.41, 5.74) is 2.43. The number of hydrogen-bond acceptors (Lipinski definition) is 2. The van der Waals surface area contributed by atoms with Crippen molar-refractivity contribution in [1.82, 2.24) is 0 Å². The number of methoxy groups -OCH3 is 1. The van der Waals surface area contributed by atoms with Gasteiger partial charge in [-0.05, 0) is 75.2 Å². The van der Waals surface area contributed by atoms with Crippen molar-refractivity contribution in [3.05, 3.63) is 23.0 Å². The molecule has 2 saturated carbocycles. The maximum absolute atomic E-state index is 11.2. The Morgan fingerprint density at radius 1 is 1.33 bits per heavy atom. The molecule has 4 rings (SSSR count). The Kier molecular flexibility index (Phi) is 3.84. The van der Waals surface area contributed by atoms with Gasteiger partial charge in [-0.2, -0.15) is 0 Å². The summed E-state index contributed by atoms with van der Waals surface area (Å²) >= 11 is 0. The minimum Gasteiger partial charge on any atom is -0.501 e. The monoisotopic (exact) mass is 326 g/mol. The van der Waals surface area contributed by atoms with Crippen molar-refractivity contribution >= 4 is 0 Å². The Balaban J connectivity index is 1.65. The van der Waals surface area contributed by atoms with Gasteiger partial charge in [-0.1, -0.05) is 24.0 Å². The zero-order valence-corrected chi connectivity index (χ0v) is 15.1. The first-order chi connectivity index (χ1) is 11.6. The van der Waals surface area contributed by atoms with Crippen LogP contribution in [0.1, 0.15) is 64.7 Å². The first-order valence-electron chi connectivity index (χ1n) is 9.72. The Morgan fingerprint density at radius 2 is 2.17 bits per heavy atom. The minimum absolute atomic E-state index is 0.0385. The SMILES string of the molecule is C#C[C@]1(O)CC[C@H]2[C@@H]3CCC4=C(CC=C(OC)C4)[C@H]3CC[C@@]21CC. The van der Waals surface area contributed by atoms with Gasteiger partial charge < -0.3 is 9.84 Å². The lowest BCUT2D eigenvalue weighted by molar-refractivity contribution is -0.0855. The van der Waals surface area contributed by atoms with Crippen LogP contribution in [0.2, 0.25) is 0 Å². The van der Waals surface area contributed by atoms with Crippen LogP contribution in [-0.4, -0.2) is 17.8 Å². The third-order valence-electron chi connectivity index (χ3n) is 8.04. The van der Waals surface area contributed by atoms with Gasteiger partial charge in [0.1, 0.15) is 5.60 Å². The van der Waals surface area contributed by atoms with Gasteiger partial charge in [-0.15, -0.1) is 6.42 Å². The molecule has 1 N–H and O–H groups in total. The quantitative estimate of drug-likeness (QED) is 0.594. The van der Waals surface area contributed by atoms with E-state index in [-0.39, 0.29) is 5.41 Å². The Hall–Kier alpha value is -1.20. The normalized spacial score (nSPS) is 44.1. The maximum atomic E-state index is 11.2. The van der Waals surface area contributed by atoms with E-state index in [0.29, 0.717) is 11.8 Å². The van der Waals surface area contributed by atoms with Crippen molar-refractivity contribution in [2.24, 2.45) is 23.2 Å². The number of rotatable bonds is 2. The van der Waals surface area contributed by atoms with Crippen LogP contribution in [0.15, 0.2) is 23.0 Å². The van der Waals surface area contributed by atoms with Gasteiger partial charge in [-0.25, -0.2) is 0 Å². The van der Waals surface area contributed by atoms with E-state index >= 15 is 0 Å². The first kappa shape index (κ1) is 16.3. The van der Waals surface area contributed by atoms with Gasteiger partial charge in [-0.3, -0.25) is 0 Å². The van der Waals surface area contributed by atoms with Crippen LogP contribution in [0.5, 0.6) is 0 Å². The predicted molar refractivity (Wildman–Crippen MR) is 96.0 cm³/mol. The summed E-state index contributed by atoms with van der Waals surface area (Å²) in [6, 6.07) is 0. The summed E-state index contributed by atoms with van der Waals surface area (Å²) in [5, 5.41) is 11.2. The van der Waals surface area contributed by atoms with Crippen LogP contribution in [-0.2, 0) is 4.74 Å². The van der Waals surface area contributed by atoms with Gasteiger partial charge in [0.15, 0.2) is 0 Å². The lowest BCUT2D eigenvalue weighted by Crippen LogP contribution is -2.52. The molecule has 0 amide bonds. The molecule has 0 bridgehead atoms. The van der Waals surface area contributed by atoms with Gasteiger partial charge in [0.2, 0.25) is 0 Å².